The van der Waals surface area contributed by atoms with Crippen molar-refractivity contribution in [1.29, 1.82) is 0 Å². The molecule has 0 bridgehead atoms. The molecule has 0 unspecified atom stereocenters. The van der Waals surface area contributed by atoms with Gasteiger partial charge in [-0.25, -0.2) is 4.39 Å². The van der Waals surface area contributed by atoms with Crippen LogP contribution >= 0.6 is 23.2 Å². The van der Waals surface area contributed by atoms with Gasteiger partial charge in [0.15, 0.2) is 5.78 Å². The molecule has 92 valence electrons. The fourth-order valence-electron chi connectivity index (χ4n) is 1.57. The second-order valence-electron chi connectivity index (χ2n) is 3.66. The Labute approximate surface area is 113 Å². The third-order valence-electron chi connectivity index (χ3n) is 2.45. The minimum absolute atomic E-state index is 0.0119. The molecular formula is C13H8Cl2FNO. The minimum atomic E-state index is -0.627. The maximum Gasteiger partial charge on any atom is 0.171 e. The van der Waals surface area contributed by atoms with Gasteiger partial charge in [0, 0.05) is 18.8 Å². The third kappa shape index (κ3) is 2.68. The van der Waals surface area contributed by atoms with Gasteiger partial charge in [0.25, 0.3) is 0 Å². The van der Waals surface area contributed by atoms with Crippen molar-refractivity contribution in [2.24, 2.45) is 0 Å². The van der Waals surface area contributed by atoms with E-state index in [4.69, 9.17) is 23.2 Å². The average molecular weight is 284 g/mol. The van der Waals surface area contributed by atoms with Gasteiger partial charge in [0.2, 0.25) is 0 Å². The predicted molar refractivity (Wildman–Crippen MR) is 68.7 cm³/mol. The summed E-state index contributed by atoms with van der Waals surface area (Å²) >= 11 is 11.7. The maximum atomic E-state index is 13.6. The van der Waals surface area contributed by atoms with Crippen molar-refractivity contribution in [2.75, 3.05) is 0 Å². The van der Waals surface area contributed by atoms with Crippen molar-refractivity contribution in [2.45, 2.75) is 6.42 Å². The molecule has 0 aliphatic carbocycles. The number of carbonyl (C=O) groups is 1. The summed E-state index contributed by atoms with van der Waals surface area (Å²) in [4.78, 5) is 15.8. The number of hydrogen-bond acceptors (Lipinski definition) is 2. The first-order valence-corrected chi connectivity index (χ1v) is 5.91. The van der Waals surface area contributed by atoms with Crippen LogP contribution in [-0.4, -0.2) is 10.8 Å². The monoisotopic (exact) mass is 283 g/mol. The van der Waals surface area contributed by atoms with Gasteiger partial charge in [0.05, 0.1) is 15.6 Å². The molecule has 18 heavy (non-hydrogen) atoms. The van der Waals surface area contributed by atoms with E-state index in [-0.39, 0.29) is 17.0 Å². The molecule has 1 aromatic heterocycles. The number of benzene rings is 1. The molecule has 0 N–H and O–H groups in total. The Balaban J connectivity index is 2.31. The largest absolute Gasteiger partial charge is 0.294 e. The number of carbonyl (C=O) groups excluding carboxylic acids is 1. The summed E-state index contributed by atoms with van der Waals surface area (Å²) in [6, 6.07) is 5.75. The summed E-state index contributed by atoms with van der Waals surface area (Å²) in [7, 11) is 0. The molecule has 2 nitrogen and oxygen atoms in total. The lowest BCUT2D eigenvalue weighted by molar-refractivity contribution is 0.0989. The molecule has 5 heteroatoms. The van der Waals surface area contributed by atoms with E-state index in [1.807, 2.05) is 0 Å². The fourth-order valence-corrected chi connectivity index (χ4v) is 2.03. The van der Waals surface area contributed by atoms with E-state index >= 15 is 0 Å². The summed E-state index contributed by atoms with van der Waals surface area (Å²) in [5.41, 5.74) is 0.489. The Hall–Kier alpha value is -1.45. The maximum absolute atomic E-state index is 13.6. The van der Waals surface area contributed by atoms with Crippen LogP contribution in [0, 0.1) is 5.82 Å². The van der Waals surface area contributed by atoms with Crippen molar-refractivity contribution < 1.29 is 9.18 Å². The van der Waals surface area contributed by atoms with Gasteiger partial charge < -0.3 is 0 Å². The zero-order valence-corrected chi connectivity index (χ0v) is 10.7. The van der Waals surface area contributed by atoms with E-state index in [2.05, 4.69) is 4.98 Å². The number of halogens is 3. The lowest BCUT2D eigenvalue weighted by Gasteiger charge is -2.06. The highest BCUT2D eigenvalue weighted by Gasteiger charge is 2.17. The lowest BCUT2D eigenvalue weighted by Crippen LogP contribution is -2.07. The summed E-state index contributed by atoms with van der Waals surface area (Å²) in [6.07, 6.45) is 2.95. The quantitative estimate of drug-likeness (QED) is 0.799. The summed E-state index contributed by atoms with van der Waals surface area (Å²) in [6.45, 7) is 0. The van der Waals surface area contributed by atoms with Crippen molar-refractivity contribution in [1.82, 2.24) is 4.98 Å². The number of rotatable bonds is 3. The molecule has 0 aliphatic rings. The zero-order chi connectivity index (χ0) is 13.1. The van der Waals surface area contributed by atoms with Crippen LogP contribution in [0.4, 0.5) is 4.39 Å². The molecule has 1 aromatic carbocycles. The molecule has 0 radical (unpaired) electrons. The lowest BCUT2D eigenvalue weighted by atomic mass is 10.0. The number of nitrogens with zero attached hydrogens (tertiary/aromatic N) is 1. The van der Waals surface area contributed by atoms with Crippen LogP contribution in [0.1, 0.15) is 15.9 Å². The van der Waals surface area contributed by atoms with E-state index in [1.54, 1.807) is 6.07 Å². The Morgan fingerprint density at radius 3 is 2.67 bits per heavy atom. The van der Waals surface area contributed by atoms with Crippen LogP contribution in [0.25, 0.3) is 0 Å². The number of hydrogen-bond donors (Lipinski definition) is 0. The molecule has 0 spiro atoms. The number of ketones is 1. The predicted octanol–water partition coefficient (Wildman–Crippen LogP) is 3.95. The van der Waals surface area contributed by atoms with Crippen LogP contribution in [0.5, 0.6) is 0 Å². The van der Waals surface area contributed by atoms with Gasteiger partial charge in [-0.2, -0.15) is 0 Å². The van der Waals surface area contributed by atoms with Gasteiger partial charge in [0.1, 0.15) is 5.82 Å². The van der Waals surface area contributed by atoms with Gasteiger partial charge in [-0.3, -0.25) is 9.78 Å². The molecule has 0 saturated carbocycles. The summed E-state index contributed by atoms with van der Waals surface area (Å²) < 4.78 is 13.6. The first kappa shape index (κ1) is 13.0. The van der Waals surface area contributed by atoms with Gasteiger partial charge >= 0.3 is 0 Å². The Kier molecular flexibility index (Phi) is 3.94. The van der Waals surface area contributed by atoms with E-state index in [0.717, 1.165) is 0 Å². The molecule has 2 rings (SSSR count). The highest BCUT2D eigenvalue weighted by Crippen LogP contribution is 2.22. The number of aromatic nitrogens is 1. The first-order chi connectivity index (χ1) is 8.59. The molecule has 0 fully saturated rings. The van der Waals surface area contributed by atoms with Gasteiger partial charge in [-0.1, -0.05) is 29.3 Å². The standard InChI is InChI=1S/C13H8Cl2FNO/c14-9-2-1-3-11(16)13(9)12(18)6-8-4-5-17-7-10(8)15/h1-5,7H,6H2. The molecule has 0 amide bonds. The summed E-state index contributed by atoms with van der Waals surface area (Å²) in [5.74, 6) is -1.04. The molecular weight excluding hydrogens is 276 g/mol. The van der Waals surface area contributed by atoms with Crippen molar-refractivity contribution in [3.63, 3.8) is 0 Å². The molecule has 0 saturated heterocycles. The van der Waals surface area contributed by atoms with Crippen LogP contribution in [0.15, 0.2) is 36.7 Å². The number of pyridine rings is 1. The van der Waals surface area contributed by atoms with Crippen molar-refractivity contribution in [3.8, 4) is 0 Å². The van der Waals surface area contributed by atoms with Crippen LogP contribution < -0.4 is 0 Å². The topological polar surface area (TPSA) is 30.0 Å². The van der Waals surface area contributed by atoms with E-state index in [0.29, 0.717) is 10.6 Å². The van der Waals surface area contributed by atoms with Gasteiger partial charge in [-0.05, 0) is 23.8 Å². The zero-order valence-electron chi connectivity index (χ0n) is 9.16. The van der Waals surface area contributed by atoms with Gasteiger partial charge in [-0.15, -0.1) is 0 Å². The van der Waals surface area contributed by atoms with Crippen LogP contribution in [0.2, 0.25) is 10.0 Å². The number of Topliss-reactive ketones (excluding diaryl/α,β-unsaturated/α-hetero) is 1. The molecule has 2 aromatic rings. The average Bonchev–Trinajstić information content (AvgIpc) is 2.32. The summed E-state index contributed by atoms with van der Waals surface area (Å²) in [5, 5.41) is 0.475. The second kappa shape index (κ2) is 5.46. The third-order valence-corrected chi connectivity index (χ3v) is 3.10. The SMILES string of the molecule is O=C(Cc1ccncc1Cl)c1c(F)cccc1Cl. The highest BCUT2D eigenvalue weighted by atomic mass is 35.5. The van der Waals surface area contributed by atoms with E-state index in [1.165, 1.54) is 30.6 Å². The molecule has 0 aliphatic heterocycles. The van der Waals surface area contributed by atoms with E-state index in [9.17, 15) is 9.18 Å². The van der Waals surface area contributed by atoms with Crippen molar-refractivity contribution >= 4 is 29.0 Å². The minimum Gasteiger partial charge on any atom is -0.294 e. The van der Waals surface area contributed by atoms with Crippen molar-refractivity contribution in [3.05, 3.63) is 63.6 Å². The highest BCUT2D eigenvalue weighted by molar-refractivity contribution is 6.34. The first-order valence-electron chi connectivity index (χ1n) is 5.15. The molecule has 1 heterocycles. The second-order valence-corrected chi connectivity index (χ2v) is 4.48. The van der Waals surface area contributed by atoms with E-state index < -0.39 is 11.6 Å². The van der Waals surface area contributed by atoms with Crippen LogP contribution in [0.3, 0.4) is 0 Å². The molecule has 0 atom stereocenters. The Morgan fingerprint density at radius 2 is 2.00 bits per heavy atom. The smallest absolute Gasteiger partial charge is 0.171 e. The van der Waals surface area contributed by atoms with Crippen LogP contribution in [-0.2, 0) is 6.42 Å². The fraction of sp³-hybridized carbons (Fsp3) is 0.0769. The Bertz CT molecular complexity index is 581. The Morgan fingerprint density at radius 1 is 1.22 bits per heavy atom. The normalized spacial score (nSPS) is 10.4.